The third-order valence-corrected chi connectivity index (χ3v) is 31.0. The number of para-hydroxylation sites is 6. The van der Waals surface area contributed by atoms with E-state index in [1.165, 1.54) is 160 Å². The molecule has 2 aliphatic carbocycles. The Morgan fingerprint density at radius 3 is 0.625 bits per heavy atom. The molecule has 0 aromatic heterocycles. The first-order chi connectivity index (χ1) is 68.8. The number of rotatable bonds is 11. The smallest absolute Gasteiger partial charge is 0.0756 e. The van der Waals surface area contributed by atoms with Crippen molar-refractivity contribution in [1.29, 1.82) is 0 Å². The minimum absolute atomic E-state index is 0. The van der Waals surface area contributed by atoms with Crippen LogP contribution in [0.15, 0.2) is 431 Å². The molecule has 144 heavy (non-hydrogen) atoms. The third-order valence-electron chi connectivity index (χ3n) is 31.0. The van der Waals surface area contributed by atoms with Crippen LogP contribution in [0.25, 0.3) is 65.3 Å². The van der Waals surface area contributed by atoms with Crippen molar-refractivity contribution < 1.29 is 0 Å². The molecule has 0 atom stereocenters. The van der Waals surface area contributed by atoms with Gasteiger partial charge in [0.15, 0.2) is 0 Å². The maximum atomic E-state index is 2.60. The largest absolute Gasteiger partial charge is 0.310 e. The van der Waals surface area contributed by atoms with Crippen molar-refractivity contribution in [2.24, 2.45) is 0 Å². The van der Waals surface area contributed by atoms with Gasteiger partial charge in [-0.05, 0) is 299 Å². The van der Waals surface area contributed by atoms with Crippen LogP contribution in [0, 0.1) is 0 Å². The maximum absolute atomic E-state index is 2.60. The summed E-state index contributed by atoms with van der Waals surface area (Å²) in [4.78, 5) is 12.5. The number of hydrogen-bond donors (Lipinski definition) is 0. The van der Waals surface area contributed by atoms with Crippen molar-refractivity contribution in [2.75, 3.05) is 24.5 Å². The predicted octanol–water partition coefficient (Wildman–Crippen LogP) is 39.1. The van der Waals surface area contributed by atoms with Crippen LogP contribution in [0.2, 0.25) is 0 Å². The van der Waals surface area contributed by atoms with Gasteiger partial charge in [0.25, 0.3) is 0 Å². The van der Waals surface area contributed by atoms with Crippen LogP contribution >= 0.6 is 0 Å². The van der Waals surface area contributed by atoms with Crippen molar-refractivity contribution in [3.05, 3.63) is 509 Å². The Bertz CT molecular complexity index is 7860. The van der Waals surface area contributed by atoms with Crippen LogP contribution in [0.3, 0.4) is 0 Å². The second kappa shape index (κ2) is 35.0. The first-order valence-corrected chi connectivity index (χ1v) is 51.1. The van der Waals surface area contributed by atoms with E-state index in [2.05, 4.69) is 580 Å². The Kier molecular flexibility index (Phi) is 22.7. The molecule has 0 radical (unpaired) electrons. The summed E-state index contributed by atoms with van der Waals surface area (Å²) in [6.07, 6.45) is 0. The van der Waals surface area contributed by atoms with Crippen molar-refractivity contribution in [3.8, 4) is 22.3 Å². The number of benzene rings is 20. The zero-order valence-corrected chi connectivity index (χ0v) is 85.7. The van der Waals surface area contributed by atoms with E-state index >= 15 is 0 Å². The van der Waals surface area contributed by atoms with Gasteiger partial charge in [-0.25, -0.2) is 0 Å². The number of hydrogen-bond acceptors (Lipinski definition) is 5. The van der Waals surface area contributed by atoms with E-state index in [0.717, 1.165) is 68.2 Å². The van der Waals surface area contributed by atoms with Gasteiger partial charge in [0.2, 0.25) is 0 Å². The summed E-state index contributed by atoms with van der Waals surface area (Å²) in [6, 6.07) is 164. The summed E-state index contributed by atoms with van der Waals surface area (Å²) >= 11 is 0. The Morgan fingerprint density at radius 2 is 0.375 bits per heavy atom. The van der Waals surface area contributed by atoms with Gasteiger partial charge in [0.1, 0.15) is 0 Å². The molecule has 0 unspecified atom stereocenters. The van der Waals surface area contributed by atoms with Crippen LogP contribution in [0.1, 0.15) is 210 Å². The fraction of sp³-hybridized carbons (Fsp3) is 0.194. The van der Waals surface area contributed by atoms with Crippen molar-refractivity contribution in [3.63, 3.8) is 0 Å². The predicted molar refractivity (Wildman–Crippen MR) is 617 cm³/mol. The van der Waals surface area contributed by atoms with Crippen molar-refractivity contribution in [1.82, 2.24) is 0 Å². The molecular formula is C139H129N5. The average Bonchev–Trinajstić information content (AvgIpc) is 1.50. The standard InChI is InChI=1S/C79H75N3.C59H50N2.CH4/c1-75(2,3)52-34-42-57(43-35-52)80(58-44-36-53(37-45-58)76(4,5)6)71-50-67-73(63-28-18-16-26-61(63)71)74-64-29-19-17-27-62(64)72(81(59-46-38-54(39-47-59)77(7,8)9)60-48-40-55(41-49-60)78(10,11)12)51-68(74)79(67)65-30-20-22-32-69(65)82(56-24-14-13-15-25-56)70-33-23-21-31-66(70)79;1-57(2,3)40-29-33-43(34-30-40)60(44-35-31-41(32-36-44)58(4,5)6)54-38-51-56(47-23-13-12-22-46(47)54)55-45-21-11-10-18-39(45)28-37-50(55)59(51)48-24-14-16-26-52(48)61(42-19-8-7-9-20-42)53-27-17-15-25-49(53)59;/h13-51H,1-12H3;7-38H,1-6H3;1H4. The fourth-order valence-electron chi connectivity index (χ4n) is 23.8. The molecule has 0 bridgehead atoms. The molecule has 0 N–H and O–H groups in total. The van der Waals surface area contributed by atoms with Crippen molar-refractivity contribution in [2.45, 2.75) is 175 Å². The Balaban J connectivity index is 0.000000170. The fourth-order valence-corrected chi connectivity index (χ4v) is 23.8. The normalized spacial score (nSPS) is 13.7. The SMILES string of the molecule is C.CC(C)(C)c1ccc(N(c2ccc(C(C)(C)C)cc2)c2cc3c(c4ccccc24)-c2c(cc(N(c4ccc(C(C)(C)C)cc4)c4ccc(C(C)(C)C)cc4)c4ccccc24)C32c3ccccc3N(c3ccccc3)c3ccccc32)cc1.CC(C)(C)c1ccc(N(c2ccc(C(C)(C)C)cc2)c2cc3c(c4ccccc24)-c2c(ccc4ccccc24)C32c3ccccc3N(c3ccccc3)c3ccccc32)cc1. The molecular weight excluding hydrogens is 1740 g/mol. The molecule has 710 valence electrons. The Labute approximate surface area is 853 Å². The van der Waals surface area contributed by atoms with E-state index in [-0.39, 0.29) is 39.9 Å². The van der Waals surface area contributed by atoms with E-state index in [9.17, 15) is 0 Å². The summed E-state index contributed by atoms with van der Waals surface area (Å²) < 4.78 is 0. The molecule has 20 aromatic carbocycles. The van der Waals surface area contributed by atoms with Crippen LogP contribution in [-0.4, -0.2) is 0 Å². The number of anilines is 15. The highest BCUT2D eigenvalue weighted by molar-refractivity contribution is 6.21. The monoisotopic (exact) mass is 1870 g/mol. The van der Waals surface area contributed by atoms with Gasteiger partial charge < -0.3 is 24.5 Å². The summed E-state index contributed by atoms with van der Waals surface area (Å²) in [5.41, 5.74) is 39.0. The molecule has 24 rings (SSSR count). The van der Waals surface area contributed by atoms with E-state index in [4.69, 9.17) is 0 Å². The van der Waals surface area contributed by atoms with Gasteiger partial charge in [-0.1, -0.05) is 423 Å². The van der Waals surface area contributed by atoms with Gasteiger partial charge in [-0.15, -0.1) is 0 Å². The lowest BCUT2D eigenvalue weighted by molar-refractivity contribution is 0.590. The van der Waals surface area contributed by atoms with E-state index in [1.54, 1.807) is 0 Å². The summed E-state index contributed by atoms with van der Waals surface area (Å²) in [5.74, 6) is 0. The third kappa shape index (κ3) is 15.2. The van der Waals surface area contributed by atoms with E-state index in [1.807, 2.05) is 0 Å². The van der Waals surface area contributed by atoms with Gasteiger partial charge >= 0.3 is 0 Å². The van der Waals surface area contributed by atoms with Gasteiger partial charge in [0.05, 0.1) is 50.6 Å². The van der Waals surface area contributed by atoms with Crippen LogP contribution in [0.4, 0.5) is 85.3 Å². The van der Waals surface area contributed by atoms with Crippen LogP contribution in [-0.2, 0) is 43.3 Å². The molecule has 2 spiro atoms. The lowest BCUT2D eigenvalue weighted by Crippen LogP contribution is -2.36. The first-order valence-electron chi connectivity index (χ1n) is 51.1. The average molecular weight is 1870 g/mol. The molecule has 4 aliphatic rings. The molecule has 5 nitrogen and oxygen atoms in total. The van der Waals surface area contributed by atoms with Crippen molar-refractivity contribution >= 4 is 128 Å². The van der Waals surface area contributed by atoms with E-state index in [0.29, 0.717) is 0 Å². The molecule has 0 saturated carbocycles. The quantitative estimate of drug-likeness (QED) is 0.128. The molecule has 2 heterocycles. The molecule has 0 fully saturated rings. The van der Waals surface area contributed by atoms with Gasteiger partial charge in [-0.2, -0.15) is 0 Å². The number of fused-ring (bicyclic) bond motifs is 26. The molecule has 0 amide bonds. The lowest BCUT2D eigenvalue weighted by atomic mass is 9.64. The first kappa shape index (κ1) is 93.4. The highest BCUT2D eigenvalue weighted by Crippen LogP contribution is 2.70. The highest BCUT2D eigenvalue weighted by atomic mass is 15.2. The zero-order chi connectivity index (χ0) is 98.8. The molecule has 0 saturated heterocycles. The second-order valence-electron chi connectivity index (χ2n) is 46.0. The van der Waals surface area contributed by atoms with Crippen LogP contribution in [0.5, 0.6) is 0 Å². The van der Waals surface area contributed by atoms with E-state index < -0.39 is 10.8 Å². The van der Waals surface area contributed by atoms with Gasteiger partial charge in [-0.3, -0.25) is 0 Å². The minimum atomic E-state index is -0.809. The lowest BCUT2D eigenvalue weighted by Gasteiger charge is -2.45. The van der Waals surface area contributed by atoms with Crippen LogP contribution < -0.4 is 24.5 Å². The summed E-state index contributed by atoms with van der Waals surface area (Å²) in [7, 11) is 0. The molecule has 20 aromatic rings. The summed E-state index contributed by atoms with van der Waals surface area (Å²) in [5, 5.41) is 9.85. The summed E-state index contributed by atoms with van der Waals surface area (Å²) in [6.45, 7) is 41.3. The maximum Gasteiger partial charge on any atom is 0.0756 e. The van der Waals surface area contributed by atoms with Gasteiger partial charge in [0, 0.05) is 61.7 Å². The molecule has 5 heteroatoms. The number of nitrogens with zero attached hydrogens (tertiary/aromatic N) is 5. The zero-order valence-electron chi connectivity index (χ0n) is 85.7. The Hall–Kier alpha value is -15.6. The minimum Gasteiger partial charge on any atom is -0.310 e. The second-order valence-corrected chi connectivity index (χ2v) is 46.0. The Morgan fingerprint density at radius 1 is 0.174 bits per heavy atom. The molecule has 2 aliphatic heterocycles. The topological polar surface area (TPSA) is 16.2 Å². The highest BCUT2D eigenvalue weighted by Gasteiger charge is 2.56.